The molecule has 3 aromatic rings. The number of nitrogens with zero attached hydrogens (tertiary/aromatic N) is 4. The Labute approximate surface area is 156 Å². The summed E-state index contributed by atoms with van der Waals surface area (Å²) in [7, 11) is 0. The number of nitro benzene ring substituents is 1. The van der Waals surface area contributed by atoms with Gasteiger partial charge in [-0.1, -0.05) is 23.9 Å². The number of hydrogen-bond donors (Lipinski definition) is 3. The van der Waals surface area contributed by atoms with Gasteiger partial charge in [0.15, 0.2) is 0 Å². The maximum atomic E-state index is 12.9. The number of halogens is 1. The van der Waals surface area contributed by atoms with E-state index in [4.69, 9.17) is 0 Å². The molecule has 0 atom stereocenters. The van der Waals surface area contributed by atoms with Crippen molar-refractivity contribution in [3.05, 3.63) is 69.5 Å². The van der Waals surface area contributed by atoms with Crippen LogP contribution in [0.15, 0.2) is 52.7 Å². The van der Waals surface area contributed by atoms with Gasteiger partial charge in [0, 0.05) is 23.4 Å². The zero-order valence-electron chi connectivity index (χ0n) is 13.7. The second-order valence-corrected chi connectivity index (χ2v) is 6.19. The molecule has 27 heavy (non-hydrogen) atoms. The van der Waals surface area contributed by atoms with Crippen LogP contribution in [0, 0.1) is 15.9 Å². The Balaban J connectivity index is 1.58. The summed E-state index contributed by atoms with van der Waals surface area (Å²) >= 11 is 1.35. The van der Waals surface area contributed by atoms with Gasteiger partial charge in [0.05, 0.1) is 11.1 Å². The zero-order valence-corrected chi connectivity index (χ0v) is 14.5. The Hall–Kier alpha value is -3.47. The molecule has 1 aromatic heterocycles. The third-order valence-corrected chi connectivity index (χ3v) is 4.26. The molecular weight excluding hydrogens is 375 g/mol. The molecule has 0 aliphatic rings. The van der Waals surface area contributed by atoms with Gasteiger partial charge in [-0.05, 0) is 23.8 Å². The number of nitrogens with one attached hydrogen (secondary N) is 2. The number of thioether (sulfide) groups is 1. The molecule has 3 rings (SSSR count). The minimum atomic E-state index is -0.564. The number of H-pyrrole nitrogens is 1. The monoisotopic (exact) mass is 388 g/mol. The van der Waals surface area contributed by atoms with Crippen LogP contribution in [0.1, 0.15) is 11.1 Å². The van der Waals surface area contributed by atoms with Gasteiger partial charge in [0.25, 0.3) is 5.69 Å². The van der Waals surface area contributed by atoms with Gasteiger partial charge < -0.3 is 5.11 Å². The maximum absolute atomic E-state index is 12.9. The number of non-ortho nitro benzene ring substituents is 1. The number of phenolic OH excluding ortho intramolecular Hbond substituents is 1. The molecule has 0 unspecified atom stereocenters. The molecule has 0 spiro atoms. The fourth-order valence-electron chi connectivity index (χ4n) is 2.01. The van der Waals surface area contributed by atoms with Crippen molar-refractivity contribution in [1.29, 1.82) is 0 Å². The van der Waals surface area contributed by atoms with Crippen LogP contribution in [0.3, 0.4) is 0 Å². The van der Waals surface area contributed by atoms with Gasteiger partial charge in [-0.25, -0.2) is 14.9 Å². The molecule has 0 aliphatic carbocycles. The first-order valence-corrected chi connectivity index (χ1v) is 8.56. The number of phenols is 1. The van der Waals surface area contributed by atoms with E-state index in [1.165, 1.54) is 48.3 Å². The number of hydrazone groups is 1. The number of nitro groups is 1. The van der Waals surface area contributed by atoms with E-state index in [2.05, 4.69) is 25.7 Å². The Morgan fingerprint density at radius 1 is 1.33 bits per heavy atom. The highest BCUT2D eigenvalue weighted by Crippen LogP contribution is 2.22. The van der Waals surface area contributed by atoms with Crippen molar-refractivity contribution >= 4 is 29.6 Å². The Morgan fingerprint density at radius 3 is 2.85 bits per heavy atom. The highest BCUT2D eigenvalue weighted by molar-refractivity contribution is 7.98. The number of aromatic amines is 1. The summed E-state index contributed by atoms with van der Waals surface area (Å²) in [5.41, 5.74) is 3.55. The Morgan fingerprint density at radius 2 is 2.11 bits per heavy atom. The largest absolute Gasteiger partial charge is 0.507 e. The predicted molar refractivity (Wildman–Crippen MR) is 98.3 cm³/mol. The highest BCUT2D eigenvalue weighted by atomic mass is 32.2. The molecule has 0 aliphatic heterocycles. The second kappa shape index (κ2) is 8.27. The molecule has 9 nitrogen and oxygen atoms in total. The fraction of sp³-hybridized carbons (Fsp3) is 0.0625. The molecule has 11 heteroatoms. The quantitative estimate of drug-likeness (QED) is 0.245. The van der Waals surface area contributed by atoms with Crippen LogP contribution < -0.4 is 5.43 Å². The number of hydrogen-bond acceptors (Lipinski definition) is 8. The summed E-state index contributed by atoms with van der Waals surface area (Å²) in [4.78, 5) is 14.4. The van der Waals surface area contributed by atoms with Crippen LogP contribution in [0.2, 0.25) is 0 Å². The topological polar surface area (TPSA) is 129 Å². The standard InChI is InChI=1S/C16H13FN6O3S/c17-12-3-1-10(2-4-12)9-27-16-19-15(21-22-16)20-18-8-11-7-13(23(25)26)5-6-14(11)24/h1-8,24H,9H2,(H2,19,20,21,22)/b18-8-. The van der Waals surface area contributed by atoms with Gasteiger partial charge in [-0.3, -0.25) is 10.1 Å². The molecule has 0 saturated carbocycles. The van der Waals surface area contributed by atoms with Crippen molar-refractivity contribution in [1.82, 2.24) is 15.2 Å². The number of aromatic nitrogens is 3. The molecule has 1 heterocycles. The van der Waals surface area contributed by atoms with E-state index >= 15 is 0 Å². The van der Waals surface area contributed by atoms with Crippen molar-refractivity contribution in [3.63, 3.8) is 0 Å². The minimum absolute atomic E-state index is 0.140. The molecule has 3 N–H and O–H groups in total. The normalized spacial score (nSPS) is 11.0. The third kappa shape index (κ3) is 5.01. The maximum Gasteiger partial charge on any atom is 0.270 e. The van der Waals surface area contributed by atoms with E-state index in [9.17, 15) is 19.6 Å². The number of aromatic hydroxyl groups is 1. The van der Waals surface area contributed by atoms with E-state index in [0.29, 0.717) is 10.9 Å². The van der Waals surface area contributed by atoms with E-state index in [0.717, 1.165) is 5.56 Å². The van der Waals surface area contributed by atoms with Gasteiger partial charge >= 0.3 is 0 Å². The average Bonchev–Trinajstić information content (AvgIpc) is 3.10. The van der Waals surface area contributed by atoms with Crippen LogP contribution >= 0.6 is 11.8 Å². The molecular formula is C16H13FN6O3S. The molecule has 0 radical (unpaired) electrons. The highest BCUT2D eigenvalue weighted by Gasteiger charge is 2.09. The lowest BCUT2D eigenvalue weighted by molar-refractivity contribution is -0.384. The van der Waals surface area contributed by atoms with Crippen LogP contribution in [0.25, 0.3) is 0 Å². The lowest BCUT2D eigenvalue weighted by Gasteiger charge is -1.99. The summed E-state index contributed by atoms with van der Waals surface area (Å²) in [6, 6.07) is 9.76. The molecule has 0 amide bonds. The van der Waals surface area contributed by atoms with Crippen molar-refractivity contribution < 1.29 is 14.4 Å². The first-order chi connectivity index (χ1) is 13.0. The Bertz CT molecular complexity index is 977. The molecule has 0 fully saturated rings. The van der Waals surface area contributed by atoms with Crippen molar-refractivity contribution in [2.75, 3.05) is 5.43 Å². The van der Waals surface area contributed by atoms with Gasteiger partial charge in [-0.2, -0.15) is 10.1 Å². The van der Waals surface area contributed by atoms with Gasteiger partial charge in [-0.15, -0.1) is 5.10 Å². The summed E-state index contributed by atoms with van der Waals surface area (Å²) in [5, 5.41) is 31.5. The van der Waals surface area contributed by atoms with Gasteiger partial charge in [0.2, 0.25) is 11.1 Å². The fourth-order valence-corrected chi connectivity index (χ4v) is 2.77. The lowest BCUT2D eigenvalue weighted by atomic mass is 10.2. The molecule has 0 bridgehead atoms. The van der Waals surface area contributed by atoms with Crippen molar-refractivity contribution in [3.8, 4) is 5.75 Å². The van der Waals surface area contributed by atoms with E-state index in [1.807, 2.05) is 0 Å². The Kier molecular flexibility index (Phi) is 5.61. The summed E-state index contributed by atoms with van der Waals surface area (Å²) in [6.07, 6.45) is 1.23. The minimum Gasteiger partial charge on any atom is -0.507 e. The number of benzene rings is 2. The van der Waals surface area contributed by atoms with Crippen LogP contribution in [-0.4, -0.2) is 31.4 Å². The van der Waals surface area contributed by atoms with Crippen molar-refractivity contribution in [2.45, 2.75) is 10.9 Å². The lowest BCUT2D eigenvalue weighted by Crippen LogP contribution is -1.94. The molecule has 138 valence electrons. The van der Waals surface area contributed by atoms with Crippen LogP contribution in [0.5, 0.6) is 5.75 Å². The smallest absolute Gasteiger partial charge is 0.270 e. The average molecular weight is 388 g/mol. The van der Waals surface area contributed by atoms with Crippen molar-refractivity contribution in [2.24, 2.45) is 5.10 Å². The van der Waals surface area contributed by atoms with E-state index < -0.39 is 4.92 Å². The first kappa shape index (κ1) is 18.3. The van der Waals surface area contributed by atoms with E-state index in [1.54, 1.807) is 12.1 Å². The van der Waals surface area contributed by atoms with Gasteiger partial charge in [0.1, 0.15) is 11.6 Å². The predicted octanol–water partition coefficient (Wildman–Crippen LogP) is 3.30. The molecule has 2 aromatic carbocycles. The number of anilines is 1. The summed E-state index contributed by atoms with van der Waals surface area (Å²) in [6.45, 7) is 0. The second-order valence-electron chi connectivity index (χ2n) is 5.25. The van der Waals surface area contributed by atoms with E-state index in [-0.39, 0.29) is 28.8 Å². The number of rotatable bonds is 7. The first-order valence-electron chi connectivity index (χ1n) is 7.57. The SMILES string of the molecule is O=[N+]([O-])c1ccc(O)c(/C=N\Nc2nc(SCc3ccc(F)cc3)n[nH]2)c1. The van der Waals surface area contributed by atoms with Crippen LogP contribution in [0.4, 0.5) is 16.0 Å². The molecule has 0 saturated heterocycles. The van der Waals surface area contributed by atoms with Crippen LogP contribution in [-0.2, 0) is 5.75 Å². The summed E-state index contributed by atoms with van der Waals surface area (Å²) in [5.74, 6) is 0.403. The summed E-state index contributed by atoms with van der Waals surface area (Å²) < 4.78 is 12.9. The zero-order chi connectivity index (χ0) is 19.2. The third-order valence-electron chi connectivity index (χ3n) is 3.34.